The smallest absolute Gasteiger partial charge is 0.252 e. The normalized spacial score (nSPS) is 17.8. The maximum absolute atomic E-state index is 13.9. The molecule has 0 N–H and O–H groups in total. The van der Waals surface area contributed by atoms with Gasteiger partial charge in [0.25, 0.3) is 5.91 Å². The van der Waals surface area contributed by atoms with Crippen molar-refractivity contribution in [1.29, 1.82) is 0 Å². The molecule has 1 fully saturated rings. The van der Waals surface area contributed by atoms with Crippen LogP contribution in [-0.4, -0.2) is 42.1 Å². The highest BCUT2D eigenvalue weighted by atomic mass is 32.2. The summed E-state index contributed by atoms with van der Waals surface area (Å²) < 4.78 is 30.2. The van der Waals surface area contributed by atoms with Gasteiger partial charge in [0.2, 0.25) is 15.9 Å². The first-order valence-electron chi connectivity index (χ1n) is 14.3. The second kappa shape index (κ2) is 11.6. The molecule has 2 aliphatic rings. The van der Waals surface area contributed by atoms with E-state index in [4.69, 9.17) is 4.98 Å². The molecule has 1 aliphatic heterocycles. The van der Waals surface area contributed by atoms with Crippen LogP contribution in [0.25, 0.3) is 20.8 Å². The van der Waals surface area contributed by atoms with Gasteiger partial charge in [-0.1, -0.05) is 35.4 Å². The van der Waals surface area contributed by atoms with Crippen LogP contribution in [0.15, 0.2) is 83.3 Å². The average molecular weight is 600 g/mol. The third kappa shape index (κ3) is 5.56. The standard InChI is InChI=1S/C33H33N3O4S2/c1-22-8-15-27(16-9-22)42(39,40)35(19-18-24-6-4-3-5-7-24)29-21-31(37)36(33(29)38)26-13-11-25(12-14-26)32-34-28-17-10-23(2)20-30(28)41-32/h6,8-17,20,29H,3-5,7,18-19,21H2,1-2H3. The van der Waals surface area contributed by atoms with Gasteiger partial charge in [0, 0.05) is 12.1 Å². The zero-order valence-corrected chi connectivity index (χ0v) is 25.4. The number of anilines is 1. The van der Waals surface area contributed by atoms with E-state index in [0.717, 1.165) is 56.9 Å². The predicted molar refractivity (Wildman–Crippen MR) is 167 cm³/mol. The van der Waals surface area contributed by atoms with E-state index in [-0.39, 0.29) is 17.9 Å². The zero-order valence-electron chi connectivity index (χ0n) is 23.7. The molecule has 2 heterocycles. The van der Waals surface area contributed by atoms with E-state index in [1.807, 2.05) is 38.1 Å². The number of rotatable bonds is 8. The molecule has 216 valence electrons. The third-order valence-electron chi connectivity index (χ3n) is 8.05. The summed E-state index contributed by atoms with van der Waals surface area (Å²) in [6, 6.07) is 18.8. The minimum Gasteiger partial charge on any atom is -0.274 e. The van der Waals surface area contributed by atoms with Crippen molar-refractivity contribution in [2.45, 2.75) is 63.3 Å². The van der Waals surface area contributed by atoms with Gasteiger partial charge in [-0.05, 0) is 100 Å². The highest BCUT2D eigenvalue weighted by Gasteiger charge is 2.46. The Hall–Kier alpha value is -3.66. The molecule has 3 aromatic carbocycles. The van der Waals surface area contributed by atoms with E-state index >= 15 is 0 Å². The Labute approximate surface area is 250 Å². The second-order valence-electron chi connectivity index (χ2n) is 11.1. The quantitative estimate of drug-likeness (QED) is 0.164. The Morgan fingerprint density at radius 1 is 0.952 bits per heavy atom. The fraction of sp³-hybridized carbons (Fsp3) is 0.303. The Morgan fingerprint density at radius 3 is 2.40 bits per heavy atom. The van der Waals surface area contributed by atoms with E-state index in [1.165, 1.54) is 15.4 Å². The average Bonchev–Trinajstić information content (AvgIpc) is 3.53. The Balaban J connectivity index is 1.28. The first-order chi connectivity index (χ1) is 20.2. The number of carbonyl (C=O) groups excluding carboxylic acids is 2. The lowest BCUT2D eigenvalue weighted by Crippen LogP contribution is -2.46. The van der Waals surface area contributed by atoms with Gasteiger partial charge in [-0.15, -0.1) is 11.3 Å². The molecule has 6 rings (SSSR count). The minimum atomic E-state index is -4.02. The number of fused-ring (bicyclic) bond motifs is 1. The van der Waals surface area contributed by atoms with E-state index in [2.05, 4.69) is 12.1 Å². The van der Waals surface area contributed by atoms with Crippen molar-refractivity contribution in [3.63, 3.8) is 0 Å². The molecular formula is C33H33N3O4S2. The number of amides is 2. The van der Waals surface area contributed by atoms with Crippen LogP contribution in [0.1, 0.15) is 49.7 Å². The van der Waals surface area contributed by atoms with Crippen LogP contribution in [0.2, 0.25) is 0 Å². The number of thiazole rings is 1. The number of sulfonamides is 1. The first-order valence-corrected chi connectivity index (χ1v) is 16.6. The van der Waals surface area contributed by atoms with Gasteiger partial charge in [0.1, 0.15) is 11.0 Å². The number of nitrogens with zero attached hydrogens (tertiary/aromatic N) is 3. The van der Waals surface area contributed by atoms with E-state index < -0.39 is 27.9 Å². The SMILES string of the molecule is Cc1ccc(S(=O)(=O)N(CCC2=CCCCC2)C2CC(=O)N(c3ccc(-c4nc5ccc(C)cc5s4)cc3)C2=O)cc1. The van der Waals surface area contributed by atoms with Crippen molar-refractivity contribution in [1.82, 2.24) is 9.29 Å². The summed E-state index contributed by atoms with van der Waals surface area (Å²) in [6.07, 6.45) is 6.67. The third-order valence-corrected chi connectivity index (χ3v) is 11.0. The fourth-order valence-corrected chi connectivity index (χ4v) is 8.35. The lowest BCUT2D eigenvalue weighted by atomic mass is 9.97. The summed E-state index contributed by atoms with van der Waals surface area (Å²) in [4.78, 5) is 33.1. The van der Waals surface area contributed by atoms with Gasteiger partial charge in [0.05, 0.1) is 27.2 Å². The maximum Gasteiger partial charge on any atom is 0.252 e. The summed E-state index contributed by atoms with van der Waals surface area (Å²) in [5, 5.41) is 0.853. The van der Waals surface area contributed by atoms with Crippen LogP contribution in [0, 0.1) is 13.8 Å². The van der Waals surface area contributed by atoms with Crippen LogP contribution in [0.3, 0.4) is 0 Å². The van der Waals surface area contributed by atoms with Crippen LogP contribution in [0.4, 0.5) is 5.69 Å². The molecule has 2 amide bonds. The Bertz CT molecular complexity index is 1790. The summed E-state index contributed by atoms with van der Waals surface area (Å²) in [5.41, 5.74) is 5.56. The van der Waals surface area contributed by atoms with Crippen LogP contribution < -0.4 is 4.90 Å². The maximum atomic E-state index is 13.9. The molecule has 4 aromatic rings. The van der Waals surface area contributed by atoms with Crippen molar-refractivity contribution >= 4 is 49.1 Å². The molecular weight excluding hydrogens is 567 g/mol. The first kappa shape index (κ1) is 28.5. The van der Waals surface area contributed by atoms with Gasteiger partial charge in [-0.2, -0.15) is 4.31 Å². The highest BCUT2D eigenvalue weighted by molar-refractivity contribution is 7.89. The molecule has 7 nitrogen and oxygen atoms in total. The largest absolute Gasteiger partial charge is 0.274 e. The Morgan fingerprint density at radius 2 is 1.69 bits per heavy atom. The van der Waals surface area contributed by atoms with Crippen molar-refractivity contribution in [2.24, 2.45) is 0 Å². The van der Waals surface area contributed by atoms with Gasteiger partial charge >= 0.3 is 0 Å². The lowest BCUT2D eigenvalue weighted by Gasteiger charge is -2.28. The lowest BCUT2D eigenvalue weighted by molar-refractivity contribution is -0.122. The van der Waals surface area contributed by atoms with Crippen molar-refractivity contribution in [3.8, 4) is 10.6 Å². The summed E-state index contributed by atoms with van der Waals surface area (Å²) >= 11 is 1.59. The number of carbonyl (C=O) groups is 2. The topological polar surface area (TPSA) is 87.7 Å². The molecule has 9 heteroatoms. The van der Waals surface area contributed by atoms with E-state index in [9.17, 15) is 18.0 Å². The van der Waals surface area contributed by atoms with Crippen LogP contribution in [-0.2, 0) is 19.6 Å². The zero-order chi connectivity index (χ0) is 29.4. The monoisotopic (exact) mass is 599 g/mol. The van der Waals surface area contributed by atoms with Crippen LogP contribution in [0.5, 0.6) is 0 Å². The van der Waals surface area contributed by atoms with Gasteiger partial charge in [0.15, 0.2) is 0 Å². The highest BCUT2D eigenvalue weighted by Crippen LogP contribution is 2.34. The van der Waals surface area contributed by atoms with Crippen molar-refractivity contribution in [2.75, 3.05) is 11.4 Å². The number of aryl methyl sites for hydroxylation is 2. The number of hydrogen-bond donors (Lipinski definition) is 0. The van der Waals surface area contributed by atoms with Gasteiger partial charge < -0.3 is 0 Å². The van der Waals surface area contributed by atoms with E-state index in [1.54, 1.807) is 47.7 Å². The summed E-state index contributed by atoms with van der Waals surface area (Å²) in [6.45, 7) is 4.09. The van der Waals surface area contributed by atoms with E-state index in [0.29, 0.717) is 12.1 Å². The molecule has 1 unspecified atom stereocenters. The summed E-state index contributed by atoms with van der Waals surface area (Å²) in [7, 11) is -4.02. The number of allylic oxidation sites excluding steroid dienone is 1. The van der Waals surface area contributed by atoms with Crippen LogP contribution >= 0.6 is 11.3 Å². The number of imide groups is 1. The molecule has 0 bridgehead atoms. The minimum absolute atomic E-state index is 0.125. The molecule has 0 spiro atoms. The molecule has 42 heavy (non-hydrogen) atoms. The molecule has 1 saturated heterocycles. The predicted octanol–water partition coefficient (Wildman–Crippen LogP) is 6.79. The molecule has 1 aliphatic carbocycles. The number of aromatic nitrogens is 1. The summed E-state index contributed by atoms with van der Waals surface area (Å²) in [5.74, 6) is -0.925. The second-order valence-corrected chi connectivity index (χ2v) is 14.0. The molecule has 1 atom stereocenters. The number of benzene rings is 3. The van der Waals surface area contributed by atoms with Crippen molar-refractivity contribution < 1.29 is 18.0 Å². The van der Waals surface area contributed by atoms with Gasteiger partial charge in [-0.3, -0.25) is 9.59 Å². The van der Waals surface area contributed by atoms with Gasteiger partial charge in [-0.25, -0.2) is 18.3 Å². The molecule has 0 saturated carbocycles. The number of hydrogen-bond acceptors (Lipinski definition) is 6. The Kier molecular flexibility index (Phi) is 7.83. The molecule has 1 aromatic heterocycles. The fourth-order valence-electron chi connectivity index (χ4n) is 5.70. The van der Waals surface area contributed by atoms with Crippen molar-refractivity contribution in [3.05, 3.63) is 89.5 Å². The molecule has 0 radical (unpaired) electrons.